The second-order valence-electron chi connectivity index (χ2n) is 4.26. The molecule has 0 bridgehead atoms. The molecule has 1 aliphatic heterocycles. The molecule has 0 aromatic heterocycles. The Hall–Kier alpha value is -1.46. The van der Waals surface area contributed by atoms with Gasteiger partial charge in [0.1, 0.15) is 12.4 Å². The Morgan fingerprint density at radius 3 is 3.05 bits per heavy atom. The zero-order valence-electron chi connectivity index (χ0n) is 10.7. The van der Waals surface area contributed by atoms with Crippen molar-refractivity contribution in [3.63, 3.8) is 0 Å². The van der Waals surface area contributed by atoms with Crippen molar-refractivity contribution in [3.8, 4) is 5.75 Å². The van der Waals surface area contributed by atoms with Gasteiger partial charge in [0, 0.05) is 6.54 Å². The van der Waals surface area contributed by atoms with Crippen LogP contribution in [0.1, 0.15) is 12.5 Å². The van der Waals surface area contributed by atoms with Crippen LogP contribution in [0.2, 0.25) is 5.02 Å². The molecule has 0 spiro atoms. The molecule has 104 valence electrons. The molecule has 1 aliphatic rings. The Labute approximate surface area is 117 Å². The summed E-state index contributed by atoms with van der Waals surface area (Å²) in [5.41, 5.74) is 1.10. The van der Waals surface area contributed by atoms with Gasteiger partial charge < -0.3 is 20.1 Å². The van der Waals surface area contributed by atoms with Crippen molar-refractivity contribution in [2.45, 2.75) is 19.6 Å². The van der Waals surface area contributed by atoms with E-state index in [4.69, 9.17) is 21.1 Å². The van der Waals surface area contributed by atoms with Gasteiger partial charge in [-0.2, -0.15) is 0 Å². The monoisotopic (exact) mass is 284 g/mol. The molecule has 0 radical (unpaired) electrons. The van der Waals surface area contributed by atoms with Crippen LogP contribution in [-0.2, 0) is 11.3 Å². The van der Waals surface area contributed by atoms with Gasteiger partial charge in [-0.1, -0.05) is 24.6 Å². The lowest BCUT2D eigenvalue weighted by atomic mass is 10.2. The molecule has 1 saturated heterocycles. The van der Waals surface area contributed by atoms with Crippen molar-refractivity contribution in [1.82, 2.24) is 10.6 Å². The third kappa shape index (κ3) is 4.01. The first-order chi connectivity index (χ1) is 9.19. The van der Waals surface area contributed by atoms with Crippen molar-refractivity contribution >= 4 is 17.7 Å². The molecule has 19 heavy (non-hydrogen) atoms. The normalized spacial score (nSPS) is 18.0. The van der Waals surface area contributed by atoms with Crippen LogP contribution in [0.4, 0.5) is 4.79 Å². The Balaban J connectivity index is 1.88. The lowest BCUT2D eigenvalue weighted by Crippen LogP contribution is -2.22. The number of cyclic esters (lactones) is 1. The van der Waals surface area contributed by atoms with Crippen LogP contribution < -0.4 is 15.4 Å². The number of carbonyl (C=O) groups excluding carboxylic acids is 1. The maximum Gasteiger partial charge on any atom is 0.407 e. The largest absolute Gasteiger partial charge is 0.488 e. The number of amides is 1. The molecule has 2 N–H and O–H groups in total. The van der Waals surface area contributed by atoms with Crippen molar-refractivity contribution in [2.24, 2.45) is 0 Å². The second-order valence-corrected chi connectivity index (χ2v) is 4.67. The quantitative estimate of drug-likeness (QED) is 0.838. The summed E-state index contributed by atoms with van der Waals surface area (Å²) in [6.07, 6.45) is -0.661. The number of hydrogen-bond donors (Lipinski definition) is 2. The van der Waals surface area contributed by atoms with E-state index in [9.17, 15) is 4.79 Å². The fourth-order valence-corrected chi connectivity index (χ4v) is 2.01. The molecule has 1 aromatic rings. The van der Waals surface area contributed by atoms with Gasteiger partial charge in [-0.05, 0) is 24.2 Å². The molecule has 0 aliphatic carbocycles. The topological polar surface area (TPSA) is 59.6 Å². The Morgan fingerprint density at radius 2 is 2.42 bits per heavy atom. The predicted octanol–water partition coefficient (Wildman–Crippen LogP) is 1.94. The molecule has 2 rings (SSSR count). The van der Waals surface area contributed by atoms with Gasteiger partial charge in [-0.25, -0.2) is 4.79 Å². The minimum Gasteiger partial charge on any atom is -0.488 e. The van der Waals surface area contributed by atoms with Crippen molar-refractivity contribution in [2.75, 3.05) is 19.7 Å². The smallest absolute Gasteiger partial charge is 0.407 e. The molecule has 0 saturated carbocycles. The number of halogens is 1. The van der Waals surface area contributed by atoms with Crippen LogP contribution in [0.25, 0.3) is 0 Å². The average Bonchev–Trinajstić information content (AvgIpc) is 2.81. The van der Waals surface area contributed by atoms with E-state index >= 15 is 0 Å². The lowest BCUT2D eigenvalue weighted by Gasteiger charge is -2.12. The summed E-state index contributed by atoms with van der Waals surface area (Å²) in [7, 11) is 0. The van der Waals surface area contributed by atoms with E-state index in [0.29, 0.717) is 23.9 Å². The summed E-state index contributed by atoms with van der Waals surface area (Å²) in [6, 6.07) is 5.67. The number of rotatable bonds is 6. The number of nitrogens with one attached hydrogen (secondary N) is 2. The minimum absolute atomic E-state index is 0.259. The van der Waals surface area contributed by atoms with Crippen LogP contribution in [0.15, 0.2) is 18.2 Å². The Bertz CT molecular complexity index is 454. The fraction of sp³-hybridized carbons (Fsp3) is 0.462. The van der Waals surface area contributed by atoms with E-state index < -0.39 is 6.09 Å². The highest BCUT2D eigenvalue weighted by molar-refractivity contribution is 6.32. The molecule has 1 unspecified atom stereocenters. The summed E-state index contributed by atoms with van der Waals surface area (Å²) in [6.45, 7) is 4.51. The molecular formula is C13H17ClN2O3. The first-order valence-corrected chi connectivity index (χ1v) is 6.63. The van der Waals surface area contributed by atoms with Gasteiger partial charge in [-0.15, -0.1) is 0 Å². The van der Waals surface area contributed by atoms with Crippen LogP contribution in [0.5, 0.6) is 5.75 Å². The van der Waals surface area contributed by atoms with Crippen molar-refractivity contribution in [1.29, 1.82) is 0 Å². The Morgan fingerprint density at radius 1 is 1.58 bits per heavy atom. The minimum atomic E-state index is -0.402. The van der Waals surface area contributed by atoms with Gasteiger partial charge in [0.2, 0.25) is 0 Å². The third-order valence-corrected chi connectivity index (χ3v) is 3.04. The molecule has 1 atom stereocenters. The Kier molecular flexibility index (Phi) is 4.87. The van der Waals surface area contributed by atoms with Crippen molar-refractivity contribution in [3.05, 3.63) is 28.8 Å². The molecule has 1 heterocycles. The van der Waals surface area contributed by atoms with Gasteiger partial charge >= 0.3 is 6.09 Å². The zero-order chi connectivity index (χ0) is 13.7. The fourth-order valence-electron chi connectivity index (χ4n) is 1.75. The molecule has 6 heteroatoms. The van der Waals surface area contributed by atoms with E-state index in [-0.39, 0.29) is 6.10 Å². The number of hydrogen-bond acceptors (Lipinski definition) is 4. The van der Waals surface area contributed by atoms with E-state index in [1.54, 1.807) is 0 Å². The number of benzene rings is 1. The summed E-state index contributed by atoms with van der Waals surface area (Å²) < 4.78 is 10.5. The van der Waals surface area contributed by atoms with Gasteiger partial charge in [0.15, 0.2) is 6.10 Å². The predicted molar refractivity (Wildman–Crippen MR) is 72.6 cm³/mol. The number of alkyl carbamates (subject to hydrolysis) is 1. The first-order valence-electron chi connectivity index (χ1n) is 6.25. The molecule has 1 aromatic carbocycles. The average molecular weight is 285 g/mol. The standard InChI is InChI=1S/C13H17ClN2O3/c1-2-15-6-9-3-4-12(11(14)5-9)18-8-10-7-16-13(17)19-10/h3-5,10,15H,2,6-8H2,1H3,(H,16,17). The number of ether oxygens (including phenoxy) is 2. The highest BCUT2D eigenvalue weighted by atomic mass is 35.5. The second kappa shape index (κ2) is 6.63. The SMILES string of the molecule is CCNCc1ccc(OCC2CNC(=O)O2)c(Cl)c1. The van der Waals surface area contributed by atoms with Gasteiger partial charge in [0.05, 0.1) is 11.6 Å². The summed E-state index contributed by atoms with van der Waals surface area (Å²) in [4.78, 5) is 10.9. The van der Waals surface area contributed by atoms with E-state index in [1.165, 1.54) is 0 Å². The molecule has 1 amide bonds. The highest BCUT2D eigenvalue weighted by Crippen LogP contribution is 2.25. The van der Waals surface area contributed by atoms with E-state index in [2.05, 4.69) is 17.6 Å². The van der Waals surface area contributed by atoms with Crippen LogP contribution in [0.3, 0.4) is 0 Å². The molecular weight excluding hydrogens is 268 g/mol. The lowest BCUT2D eigenvalue weighted by molar-refractivity contribution is 0.105. The first kappa shape index (κ1) is 14.0. The maximum atomic E-state index is 10.9. The van der Waals surface area contributed by atoms with Crippen LogP contribution in [0, 0.1) is 0 Å². The van der Waals surface area contributed by atoms with E-state index in [0.717, 1.165) is 18.7 Å². The summed E-state index contributed by atoms with van der Waals surface area (Å²) >= 11 is 6.15. The van der Waals surface area contributed by atoms with Crippen molar-refractivity contribution < 1.29 is 14.3 Å². The molecule has 1 fully saturated rings. The van der Waals surface area contributed by atoms with Crippen LogP contribution >= 0.6 is 11.6 Å². The molecule has 5 nitrogen and oxygen atoms in total. The summed E-state index contributed by atoms with van der Waals surface area (Å²) in [5.74, 6) is 0.602. The van der Waals surface area contributed by atoms with Gasteiger partial charge in [-0.3, -0.25) is 0 Å². The highest BCUT2D eigenvalue weighted by Gasteiger charge is 2.23. The zero-order valence-corrected chi connectivity index (χ0v) is 11.5. The summed E-state index contributed by atoms with van der Waals surface area (Å²) in [5, 5.41) is 6.36. The maximum absolute atomic E-state index is 10.9. The van der Waals surface area contributed by atoms with Gasteiger partial charge in [0.25, 0.3) is 0 Å². The third-order valence-electron chi connectivity index (χ3n) is 2.75. The van der Waals surface area contributed by atoms with E-state index in [1.807, 2.05) is 18.2 Å². The number of carbonyl (C=O) groups is 1. The van der Waals surface area contributed by atoms with Crippen LogP contribution in [-0.4, -0.2) is 31.9 Å².